The van der Waals surface area contributed by atoms with E-state index in [2.05, 4.69) is 17.0 Å². The lowest BCUT2D eigenvalue weighted by atomic mass is 10.2. The van der Waals surface area contributed by atoms with Crippen molar-refractivity contribution in [3.63, 3.8) is 0 Å². The highest BCUT2D eigenvalue weighted by molar-refractivity contribution is 5.78. The third kappa shape index (κ3) is 4.32. The predicted molar refractivity (Wildman–Crippen MR) is 58.1 cm³/mol. The zero-order valence-electron chi connectivity index (χ0n) is 8.45. The van der Waals surface area contributed by atoms with Crippen molar-refractivity contribution < 1.29 is 4.84 Å². The maximum absolute atomic E-state index is 4.93. The molecule has 0 spiro atoms. The summed E-state index contributed by atoms with van der Waals surface area (Å²) in [6, 6.07) is 9.80. The molecular formula is C12H13NO. The summed E-state index contributed by atoms with van der Waals surface area (Å²) >= 11 is 0. The quantitative estimate of drug-likeness (QED) is 0.301. The number of rotatable bonds is 2. The van der Waals surface area contributed by atoms with Gasteiger partial charge in [-0.2, -0.15) is 0 Å². The number of nitrogens with zero attached hydrogens (tertiary/aromatic N) is 1. The topological polar surface area (TPSA) is 21.6 Å². The highest BCUT2D eigenvalue weighted by atomic mass is 16.6. The van der Waals surface area contributed by atoms with E-state index >= 15 is 0 Å². The average Bonchev–Trinajstić information content (AvgIpc) is 2.18. The molecule has 0 fully saturated rings. The Bertz CT molecular complexity index is 353. The minimum Gasteiger partial charge on any atom is -0.383 e. The van der Waals surface area contributed by atoms with E-state index < -0.39 is 0 Å². The first-order valence-electron chi connectivity index (χ1n) is 4.46. The number of oxime groups is 1. The summed E-state index contributed by atoms with van der Waals surface area (Å²) in [7, 11) is 0. The predicted octanol–water partition coefficient (Wildman–Crippen LogP) is 2.45. The minimum atomic E-state index is 0.333. The molecule has 0 radical (unpaired) electrons. The minimum absolute atomic E-state index is 0.333. The van der Waals surface area contributed by atoms with E-state index in [0.29, 0.717) is 6.61 Å². The van der Waals surface area contributed by atoms with E-state index in [1.54, 1.807) is 0 Å². The van der Waals surface area contributed by atoms with Gasteiger partial charge in [0.25, 0.3) is 0 Å². The molecule has 0 amide bonds. The second-order valence-corrected chi connectivity index (χ2v) is 2.98. The van der Waals surface area contributed by atoms with Crippen LogP contribution in [0.1, 0.15) is 19.4 Å². The molecule has 0 atom stereocenters. The van der Waals surface area contributed by atoms with Crippen molar-refractivity contribution in [3.8, 4) is 11.8 Å². The first-order valence-corrected chi connectivity index (χ1v) is 4.46. The van der Waals surface area contributed by atoms with Gasteiger partial charge in [0.1, 0.15) is 0 Å². The lowest BCUT2D eigenvalue weighted by molar-refractivity contribution is 0.179. The van der Waals surface area contributed by atoms with Crippen LogP contribution in [0.3, 0.4) is 0 Å². The van der Waals surface area contributed by atoms with Crippen LogP contribution in [0.25, 0.3) is 0 Å². The molecule has 0 aliphatic heterocycles. The summed E-state index contributed by atoms with van der Waals surface area (Å²) in [4.78, 5) is 4.93. The van der Waals surface area contributed by atoms with Crippen molar-refractivity contribution >= 4 is 5.71 Å². The molecule has 1 rings (SSSR count). The molecule has 0 aliphatic rings. The van der Waals surface area contributed by atoms with E-state index in [1.807, 2.05) is 44.2 Å². The molecule has 0 unspecified atom stereocenters. The SMILES string of the molecule is CC(C)=NOCC#Cc1ccccc1. The van der Waals surface area contributed by atoms with Crippen LogP contribution in [0.15, 0.2) is 35.5 Å². The Morgan fingerprint density at radius 1 is 1.29 bits per heavy atom. The second-order valence-electron chi connectivity index (χ2n) is 2.98. The third-order valence-electron chi connectivity index (χ3n) is 1.39. The van der Waals surface area contributed by atoms with E-state index in [9.17, 15) is 0 Å². The van der Waals surface area contributed by atoms with Crippen LogP contribution in [0, 0.1) is 11.8 Å². The molecule has 0 saturated carbocycles. The summed E-state index contributed by atoms with van der Waals surface area (Å²) in [6.45, 7) is 4.09. The summed E-state index contributed by atoms with van der Waals surface area (Å²) in [5.41, 5.74) is 1.89. The van der Waals surface area contributed by atoms with Gasteiger partial charge in [-0.1, -0.05) is 35.2 Å². The van der Waals surface area contributed by atoms with Crippen molar-refractivity contribution in [1.29, 1.82) is 0 Å². The van der Waals surface area contributed by atoms with Crippen molar-refractivity contribution in [1.82, 2.24) is 0 Å². The molecule has 1 aromatic rings. The lowest BCUT2D eigenvalue weighted by Gasteiger charge is -1.91. The molecule has 0 N–H and O–H groups in total. The largest absolute Gasteiger partial charge is 0.383 e. The molecule has 72 valence electrons. The van der Waals surface area contributed by atoms with Crippen molar-refractivity contribution in [3.05, 3.63) is 35.9 Å². The van der Waals surface area contributed by atoms with Gasteiger partial charge in [-0.05, 0) is 26.0 Å². The van der Waals surface area contributed by atoms with Crippen LogP contribution < -0.4 is 0 Å². The highest BCUT2D eigenvalue weighted by Gasteiger charge is 1.81. The average molecular weight is 187 g/mol. The number of hydrogen-bond acceptors (Lipinski definition) is 2. The monoisotopic (exact) mass is 187 g/mol. The van der Waals surface area contributed by atoms with E-state index in [0.717, 1.165) is 11.3 Å². The fraction of sp³-hybridized carbons (Fsp3) is 0.250. The van der Waals surface area contributed by atoms with Gasteiger partial charge in [-0.15, -0.1) is 0 Å². The standard InChI is InChI=1S/C12H13NO/c1-11(2)13-14-10-6-9-12-7-4-3-5-8-12/h3-5,7-8H,10H2,1-2H3. The van der Waals surface area contributed by atoms with Gasteiger partial charge in [0.05, 0.1) is 5.71 Å². The molecule has 2 nitrogen and oxygen atoms in total. The fourth-order valence-corrected chi connectivity index (χ4v) is 0.853. The van der Waals surface area contributed by atoms with Crippen LogP contribution in [-0.4, -0.2) is 12.3 Å². The molecule has 0 bridgehead atoms. The van der Waals surface area contributed by atoms with Crippen LogP contribution in [0.5, 0.6) is 0 Å². The van der Waals surface area contributed by atoms with Crippen LogP contribution in [0.4, 0.5) is 0 Å². The van der Waals surface area contributed by atoms with Crippen LogP contribution in [0.2, 0.25) is 0 Å². The molecule has 14 heavy (non-hydrogen) atoms. The molecule has 0 aromatic heterocycles. The zero-order chi connectivity index (χ0) is 10.2. The summed E-state index contributed by atoms with van der Waals surface area (Å²) in [6.07, 6.45) is 0. The summed E-state index contributed by atoms with van der Waals surface area (Å²) < 4.78 is 0. The van der Waals surface area contributed by atoms with Crippen LogP contribution >= 0.6 is 0 Å². The van der Waals surface area contributed by atoms with Gasteiger partial charge in [0.2, 0.25) is 0 Å². The molecule has 0 saturated heterocycles. The maximum atomic E-state index is 4.93. The Hall–Kier alpha value is -1.75. The first kappa shape index (κ1) is 10.3. The Labute approximate surface area is 84.6 Å². The van der Waals surface area contributed by atoms with Gasteiger partial charge in [-0.25, -0.2) is 0 Å². The van der Waals surface area contributed by atoms with Gasteiger partial charge < -0.3 is 4.84 Å². The fourth-order valence-electron chi connectivity index (χ4n) is 0.853. The maximum Gasteiger partial charge on any atom is 0.177 e. The third-order valence-corrected chi connectivity index (χ3v) is 1.39. The Kier molecular flexibility index (Phi) is 4.30. The van der Waals surface area contributed by atoms with Gasteiger partial charge in [0, 0.05) is 5.56 Å². The zero-order valence-corrected chi connectivity index (χ0v) is 8.45. The normalized spacial score (nSPS) is 8.43. The Balaban J connectivity index is 2.38. The van der Waals surface area contributed by atoms with Crippen molar-refractivity contribution in [2.24, 2.45) is 5.16 Å². The molecular weight excluding hydrogens is 174 g/mol. The van der Waals surface area contributed by atoms with E-state index in [4.69, 9.17) is 4.84 Å². The van der Waals surface area contributed by atoms with Crippen LogP contribution in [-0.2, 0) is 4.84 Å². The summed E-state index contributed by atoms with van der Waals surface area (Å²) in [5.74, 6) is 5.85. The molecule has 1 aromatic carbocycles. The number of hydrogen-bond donors (Lipinski definition) is 0. The van der Waals surface area contributed by atoms with Crippen molar-refractivity contribution in [2.45, 2.75) is 13.8 Å². The van der Waals surface area contributed by atoms with Gasteiger partial charge in [0.15, 0.2) is 6.61 Å². The summed E-state index contributed by atoms with van der Waals surface area (Å²) in [5, 5.41) is 3.77. The number of benzene rings is 1. The first-order chi connectivity index (χ1) is 6.79. The highest BCUT2D eigenvalue weighted by Crippen LogP contribution is 1.94. The lowest BCUT2D eigenvalue weighted by Crippen LogP contribution is -1.87. The molecule has 2 heteroatoms. The van der Waals surface area contributed by atoms with E-state index in [-0.39, 0.29) is 0 Å². The van der Waals surface area contributed by atoms with Gasteiger partial charge in [-0.3, -0.25) is 0 Å². The smallest absolute Gasteiger partial charge is 0.177 e. The Morgan fingerprint density at radius 3 is 2.64 bits per heavy atom. The Morgan fingerprint density at radius 2 is 2.00 bits per heavy atom. The molecule has 0 heterocycles. The molecule has 0 aliphatic carbocycles. The van der Waals surface area contributed by atoms with Gasteiger partial charge >= 0.3 is 0 Å². The van der Waals surface area contributed by atoms with E-state index in [1.165, 1.54) is 0 Å². The van der Waals surface area contributed by atoms with Crippen molar-refractivity contribution in [2.75, 3.05) is 6.61 Å². The second kappa shape index (κ2) is 5.82.